The Balaban J connectivity index is 1.37. The first-order valence-electron chi connectivity index (χ1n) is 9.35. The number of imide groups is 1. The van der Waals surface area contributed by atoms with E-state index in [-0.39, 0.29) is 10.6 Å². The molecule has 9 heteroatoms. The summed E-state index contributed by atoms with van der Waals surface area (Å²) in [6.07, 6.45) is 0. The number of fused-ring (bicyclic) bond motifs is 1. The van der Waals surface area contributed by atoms with Crippen LogP contribution in [-0.4, -0.2) is 30.3 Å². The zero-order chi connectivity index (χ0) is 22.8. The van der Waals surface area contributed by atoms with Gasteiger partial charge in [-0.2, -0.15) is 0 Å². The maximum atomic E-state index is 12.5. The van der Waals surface area contributed by atoms with E-state index in [1.165, 1.54) is 36.4 Å². The summed E-state index contributed by atoms with van der Waals surface area (Å²) >= 11 is 11.7. The number of amides is 3. The highest BCUT2D eigenvalue weighted by Crippen LogP contribution is 2.28. The van der Waals surface area contributed by atoms with Crippen LogP contribution < -0.4 is 10.2 Å². The quantitative estimate of drug-likeness (QED) is 0.436. The van der Waals surface area contributed by atoms with Gasteiger partial charge in [-0.25, -0.2) is 9.69 Å². The first-order valence-corrected chi connectivity index (χ1v) is 10.1. The Bertz CT molecular complexity index is 1220. The van der Waals surface area contributed by atoms with Crippen LogP contribution in [0.2, 0.25) is 10.0 Å². The number of hydrogen-bond acceptors (Lipinski definition) is 5. The van der Waals surface area contributed by atoms with Crippen molar-refractivity contribution in [3.8, 4) is 0 Å². The largest absolute Gasteiger partial charge is 0.452 e. The molecule has 0 aliphatic carbocycles. The second-order valence-electron chi connectivity index (χ2n) is 6.79. The van der Waals surface area contributed by atoms with Gasteiger partial charge in [0.1, 0.15) is 0 Å². The highest BCUT2D eigenvalue weighted by Gasteiger charge is 2.36. The van der Waals surface area contributed by atoms with Crippen LogP contribution in [0.1, 0.15) is 31.1 Å². The Labute approximate surface area is 192 Å². The number of nitrogens with zero attached hydrogens (tertiary/aromatic N) is 1. The van der Waals surface area contributed by atoms with E-state index in [9.17, 15) is 19.2 Å². The predicted molar refractivity (Wildman–Crippen MR) is 119 cm³/mol. The first kappa shape index (κ1) is 21.5. The van der Waals surface area contributed by atoms with Gasteiger partial charge in [-0.1, -0.05) is 35.3 Å². The molecule has 3 aromatic carbocycles. The van der Waals surface area contributed by atoms with Crippen molar-refractivity contribution in [2.75, 3.05) is 16.8 Å². The minimum absolute atomic E-state index is 0.160. The molecule has 32 heavy (non-hydrogen) atoms. The number of benzene rings is 3. The second kappa shape index (κ2) is 8.82. The van der Waals surface area contributed by atoms with Gasteiger partial charge in [0.25, 0.3) is 17.7 Å². The van der Waals surface area contributed by atoms with E-state index >= 15 is 0 Å². The number of hydrogen-bond donors (Lipinski definition) is 1. The van der Waals surface area contributed by atoms with Crippen LogP contribution in [0.3, 0.4) is 0 Å². The van der Waals surface area contributed by atoms with Gasteiger partial charge in [-0.15, -0.1) is 0 Å². The second-order valence-corrected chi connectivity index (χ2v) is 7.61. The van der Waals surface area contributed by atoms with Crippen molar-refractivity contribution in [2.45, 2.75) is 0 Å². The van der Waals surface area contributed by atoms with Crippen LogP contribution in [0, 0.1) is 0 Å². The van der Waals surface area contributed by atoms with Crippen LogP contribution in [0.4, 0.5) is 11.4 Å². The molecule has 0 saturated carbocycles. The molecule has 3 aromatic rings. The topological polar surface area (TPSA) is 92.8 Å². The maximum Gasteiger partial charge on any atom is 0.338 e. The maximum absolute atomic E-state index is 12.5. The SMILES string of the molecule is O=C(COC(=O)c1ccc(N2C(=O)c3ccccc3C2=O)cc1)Nc1ccc(Cl)c(Cl)c1. The summed E-state index contributed by atoms with van der Waals surface area (Å²) in [5.74, 6) is -2.15. The van der Waals surface area contributed by atoms with Crippen molar-refractivity contribution < 1.29 is 23.9 Å². The Morgan fingerprint density at radius 3 is 2.06 bits per heavy atom. The number of esters is 1. The minimum atomic E-state index is -0.733. The van der Waals surface area contributed by atoms with Crippen molar-refractivity contribution in [1.82, 2.24) is 0 Å². The molecule has 0 saturated heterocycles. The number of ether oxygens (including phenoxy) is 1. The number of rotatable bonds is 5. The van der Waals surface area contributed by atoms with E-state index in [4.69, 9.17) is 27.9 Å². The molecule has 0 radical (unpaired) electrons. The molecular weight excluding hydrogens is 455 g/mol. The van der Waals surface area contributed by atoms with Crippen LogP contribution in [0.15, 0.2) is 66.7 Å². The predicted octanol–water partition coefficient (Wildman–Crippen LogP) is 4.59. The molecule has 0 aromatic heterocycles. The number of anilines is 2. The van der Waals surface area contributed by atoms with E-state index in [1.807, 2.05) is 0 Å². The summed E-state index contributed by atoms with van der Waals surface area (Å²) in [6, 6.07) is 16.9. The molecule has 0 unspecified atom stereocenters. The van der Waals surface area contributed by atoms with E-state index in [0.717, 1.165) is 4.90 Å². The minimum Gasteiger partial charge on any atom is -0.452 e. The van der Waals surface area contributed by atoms with E-state index in [0.29, 0.717) is 27.5 Å². The van der Waals surface area contributed by atoms with Crippen LogP contribution in [0.25, 0.3) is 0 Å². The van der Waals surface area contributed by atoms with Crippen LogP contribution in [0.5, 0.6) is 0 Å². The first-order chi connectivity index (χ1) is 15.3. The molecule has 0 spiro atoms. The zero-order valence-corrected chi connectivity index (χ0v) is 17.8. The Morgan fingerprint density at radius 2 is 1.47 bits per heavy atom. The Hall–Kier alpha value is -3.68. The normalized spacial score (nSPS) is 12.5. The lowest BCUT2D eigenvalue weighted by atomic mass is 10.1. The van der Waals surface area contributed by atoms with Gasteiger partial charge in [-0.3, -0.25) is 14.4 Å². The fraction of sp³-hybridized carbons (Fsp3) is 0.0435. The standard InChI is InChI=1S/C23H14Cl2N2O5/c24-18-10-7-14(11-19(18)25)26-20(28)12-32-23(31)13-5-8-15(9-6-13)27-21(29)16-3-1-2-4-17(16)22(27)30/h1-11H,12H2,(H,26,28). The van der Waals surface area contributed by atoms with Gasteiger partial charge in [0, 0.05) is 5.69 Å². The van der Waals surface area contributed by atoms with E-state index in [1.54, 1.807) is 30.3 Å². The van der Waals surface area contributed by atoms with Gasteiger partial charge in [0.15, 0.2) is 6.61 Å². The Kier molecular flexibility index (Phi) is 5.94. The summed E-state index contributed by atoms with van der Waals surface area (Å²) in [4.78, 5) is 50.4. The number of carbonyl (C=O) groups is 4. The summed E-state index contributed by atoms with van der Waals surface area (Å²) in [7, 11) is 0. The summed E-state index contributed by atoms with van der Waals surface area (Å²) in [6.45, 7) is -0.515. The molecule has 0 atom stereocenters. The molecule has 1 aliphatic rings. The average molecular weight is 469 g/mol. The highest BCUT2D eigenvalue weighted by molar-refractivity contribution is 6.42. The highest BCUT2D eigenvalue weighted by atomic mass is 35.5. The van der Waals surface area contributed by atoms with Gasteiger partial charge in [-0.05, 0) is 54.6 Å². The van der Waals surface area contributed by atoms with Gasteiger partial charge in [0.05, 0.1) is 32.4 Å². The lowest BCUT2D eigenvalue weighted by Gasteiger charge is -2.14. The van der Waals surface area contributed by atoms with Crippen LogP contribution >= 0.6 is 23.2 Å². The molecule has 1 N–H and O–H groups in total. The lowest BCUT2D eigenvalue weighted by molar-refractivity contribution is -0.119. The number of carbonyl (C=O) groups excluding carboxylic acids is 4. The molecule has 1 aliphatic heterocycles. The third-order valence-corrected chi connectivity index (χ3v) is 5.43. The molecule has 0 fully saturated rings. The van der Waals surface area contributed by atoms with Crippen molar-refractivity contribution in [3.05, 3.63) is 93.5 Å². The molecule has 3 amide bonds. The zero-order valence-electron chi connectivity index (χ0n) is 16.3. The summed E-state index contributed by atoms with van der Waals surface area (Å²) in [5, 5.41) is 3.17. The molecule has 0 bridgehead atoms. The van der Waals surface area contributed by atoms with Crippen molar-refractivity contribution in [1.29, 1.82) is 0 Å². The lowest BCUT2D eigenvalue weighted by Crippen LogP contribution is -2.29. The molecule has 4 rings (SSSR count). The number of nitrogens with one attached hydrogen (secondary N) is 1. The smallest absolute Gasteiger partial charge is 0.338 e. The molecule has 160 valence electrons. The Morgan fingerprint density at radius 1 is 0.844 bits per heavy atom. The molecule has 7 nitrogen and oxygen atoms in total. The van der Waals surface area contributed by atoms with E-state index in [2.05, 4.69) is 5.32 Å². The van der Waals surface area contributed by atoms with Crippen molar-refractivity contribution in [3.63, 3.8) is 0 Å². The molecular formula is C23H14Cl2N2O5. The fourth-order valence-electron chi connectivity index (χ4n) is 3.16. The van der Waals surface area contributed by atoms with Crippen molar-refractivity contribution >= 4 is 58.3 Å². The fourth-order valence-corrected chi connectivity index (χ4v) is 3.45. The van der Waals surface area contributed by atoms with Gasteiger partial charge >= 0.3 is 5.97 Å². The number of halogens is 2. The van der Waals surface area contributed by atoms with Crippen LogP contribution in [-0.2, 0) is 9.53 Å². The van der Waals surface area contributed by atoms with Gasteiger partial charge in [0.2, 0.25) is 0 Å². The van der Waals surface area contributed by atoms with Crippen molar-refractivity contribution in [2.24, 2.45) is 0 Å². The van der Waals surface area contributed by atoms with E-state index < -0.39 is 30.3 Å². The van der Waals surface area contributed by atoms with Gasteiger partial charge < -0.3 is 10.1 Å². The summed E-state index contributed by atoms with van der Waals surface area (Å²) < 4.78 is 5.02. The third-order valence-electron chi connectivity index (χ3n) is 4.69. The average Bonchev–Trinajstić information content (AvgIpc) is 3.05. The molecule has 1 heterocycles. The monoisotopic (exact) mass is 468 g/mol. The third kappa shape index (κ3) is 4.21. The summed E-state index contributed by atoms with van der Waals surface area (Å²) in [5.41, 5.74) is 1.55.